The van der Waals surface area contributed by atoms with E-state index in [0.717, 1.165) is 5.69 Å². The van der Waals surface area contributed by atoms with Gasteiger partial charge in [-0.2, -0.15) is 0 Å². The van der Waals surface area contributed by atoms with Gasteiger partial charge in [0, 0.05) is 11.7 Å². The Labute approximate surface area is 127 Å². The molecule has 0 saturated carbocycles. The summed E-state index contributed by atoms with van der Waals surface area (Å²) in [6, 6.07) is 12.0. The molecular weight excluding hydrogens is 317 g/mol. The van der Waals surface area contributed by atoms with E-state index in [1.54, 1.807) is 6.07 Å². The molecule has 20 heavy (non-hydrogen) atoms. The summed E-state index contributed by atoms with van der Waals surface area (Å²) in [6.45, 7) is 2.11. The Bertz CT molecular complexity index is 639. The minimum Gasteiger partial charge on any atom is -0.378 e. The van der Waals surface area contributed by atoms with Crippen LogP contribution in [-0.2, 0) is 12.8 Å². The molecule has 1 aliphatic carbocycles. The summed E-state index contributed by atoms with van der Waals surface area (Å²) in [5, 5.41) is 3.36. The largest absolute Gasteiger partial charge is 0.378 e. The molecule has 1 N–H and O–H groups in total. The molecule has 0 amide bonds. The fraction of sp³-hybridized carbons (Fsp3) is 0.294. The number of rotatable bonds is 3. The molecule has 1 aliphatic rings. The minimum atomic E-state index is -0.240. The standard InChI is InChI=1S/C17H17BrFN/c1-11(20-15-7-8-16(18)17(19)10-15)13-6-5-12-3-2-4-14(12)9-13/h5-11,20H,2-4H2,1H3. The molecule has 1 nitrogen and oxygen atoms in total. The monoisotopic (exact) mass is 333 g/mol. The van der Waals surface area contributed by atoms with Crippen molar-refractivity contribution in [1.82, 2.24) is 0 Å². The second-order valence-electron chi connectivity index (χ2n) is 5.38. The lowest BCUT2D eigenvalue weighted by Gasteiger charge is -2.17. The van der Waals surface area contributed by atoms with E-state index in [4.69, 9.17) is 0 Å². The van der Waals surface area contributed by atoms with Crippen LogP contribution >= 0.6 is 15.9 Å². The lowest BCUT2D eigenvalue weighted by molar-refractivity contribution is 0.621. The molecule has 3 rings (SSSR count). The van der Waals surface area contributed by atoms with Crippen molar-refractivity contribution in [2.24, 2.45) is 0 Å². The van der Waals surface area contributed by atoms with Crippen molar-refractivity contribution in [3.05, 3.63) is 63.4 Å². The summed E-state index contributed by atoms with van der Waals surface area (Å²) >= 11 is 3.17. The third-order valence-corrected chi connectivity index (χ3v) is 4.57. The van der Waals surface area contributed by atoms with Crippen molar-refractivity contribution in [1.29, 1.82) is 0 Å². The van der Waals surface area contributed by atoms with Crippen molar-refractivity contribution >= 4 is 21.6 Å². The van der Waals surface area contributed by atoms with E-state index in [2.05, 4.69) is 46.4 Å². The van der Waals surface area contributed by atoms with Crippen LogP contribution in [0.25, 0.3) is 0 Å². The first-order chi connectivity index (χ1) is 9.63. The zero-order chi connectivity index (χ0) is 14.1. The number of hydrogen-bond donors (Lipinski definition) is 1. The van der Waals surface area contributed by atoms with Crippen molar-refractivity contribution in [3.8, 4) is 0 Å². The third kappa shape index (κ3) is 2.73. The Morgan fingerprint density at radius 3 is 2.70 bits per heavy atom. The van der Waals surface area contributed by atoms with Crippen LogP contribution in [0.3, 0.4) is 0 Å². The molecule has 3 heteroatoms. The smallest absolute Gasteiger partial charge is 0.139 e. The molecule has 104 valence electrons. The Morgan fingerprint density at radius 2 is 1.90 bits per heavy atom. The van der Waals surface area contributed by atoms with Gasteiger partial charge in [-0.1, -0.05) is 18.2 Å². The van der Waals surface area contributed by atoms with Crippen LogP contribution < -0.4 is 5.32 Å². The van der Waals surface area contributed by atoms with Gasteiger partial charge >= 0.3 is 0 Å². The van der Waals surface area contributed by atoms with Crippen LogP contribution in [0, 0.1) is 5.82 Å². The van der Waals surface area contributed by atoms with Gasteiger partial charge in [-0.05, 0) is 77.0 Å². The summed E-state index contributed by atoms with van der Waals surface area (Å²) in [5.41, 5.74) is 5.02. The maximum absolute atomic E-state index is 13.5. The highest BCUT2D eigenvalue weighted by atomic mass is 79.9. The van der Waals surface area contributed by atoms with Gasteiger partial charge in [-0.3, -0.25) is 0 Å². The lowest BCUT2D eigenvalue weighted by atomic mass is 10.0. The van der Waals surface area contributed by atoms with Crippen molar-refractivity contribution in [3.63, 3.8) is 0 Å². The molecule has 0 spiro atoms. The summed E-state index contributed by atoms with van der Waals surface area (Å²) in [7, 11) is 0. The molecule has 0 heterocycles. The average molecular weight is 334 g/mol. The Morgan fingerprint density at radius 1 is 1.10 bits per heavy atom. The van der Waals surface area contributed by atoms with E-state index in [-0.39, 0.29) is 11.9 Å². The van der Waals surface area contributed by atoms with Crippen LogP contribution in [0.4, 0.5) is 10.1 Å². The number of fused-ring (bicyclic) bond motifs is 1. The predicted octanol–water partition coefficient (Wildman–Crippen LogP) is 5.25. The zero-order valence-electron chi connectivity index (χ0n) is 11.4. The van der Waals surface area contributed by atoms with Gasteiger partial charge in [0.15, 0.2) is 0 Å². The number of aryl methyl sites for hydroxylation is 2. The van der Waals surface area contributed by atoms with Crippen LogP contribution in [0.2, 0.25) is 0 Å². The summed E-state index contributed by atoms with van der Waals surface area (Å²) in [6.07, 6.45) is 3.65. The number of halogens is 2. The van der Waals surface area contributed by atoms with E-state index in [9.17, 15) is 4.39 Å². The second-order valence-corrected chi connectivity index (χ2v) is 6.23. The van der Waals surface area contributed by atoms with Crippen molar-refractivity contribution in [2.45, 2.75) is 32.2 Å². The highest BCUT2D eigenvalue weighted by Crippen LogP contribution is 2.28. The Kier molecular flexibility index (Phi) is 3.79. The third-order valence-electron chi connectivity index (χ3n) is 3.93. The minimum absolute atomic E-state index is 0.168. The van der Waals surface area contributed by atoms with E-state index in [1.165, 1.54) is 42.0 Å². The topological polar surface area (TPSA) is 12.0 Å². The van der Waals surface area contributed by atoms with E-state index >= 15 is 0 Å². The first-order valence-corrected chi connectivity index (χ1v) is 7.76. The van der Waals surface area contributed by atoms with Crippen molar-refractivity contribution in [2.75, 3.05) is 5.32 Å². The van der Waals surface area contributed by atoms with Crippen LogP contribution in [-0.4, -0.2) is 0 Å². The fourth-order valence-corrected chi connectivity index (χ4v) is 3.03. The molecule has 0 fully saturated rings. The van der Waals surface area contributed by atoms with E-state index in [0.29, 0.717) is 4.47 Å². The van der Waals surface area contributed by atoms with E-state index in [1.807, 2.05) is 6.07 Å². The fourth-order valence-electron chi connectivity index (χ4n) is 2.78. The van der Waals surface area contributed by atoms with Gasteiger partial charge in [0.2, 0.25) is 0 Å². The zero-order valence-corrected chi connectivity index (χ0v) is 13.0. The molecule has 1 atom stereocenters. The van der Waals surface area contributed by atoms with Crippen LogP contribution in [0.1, 0.15) is 36.1 Å². The SMILES string of the molecule is CC(Nc1ccc(Br)c(F)c1)c1ccc2c(c1)CCC2. The van der Waals surface area contributed by atoms with Gasteiger partial charge in [0.1, 0.15) is 5.82 Å². The Hall–Kier alpha value is -1.35. The highest BCUT2D eigenvalue weighted by molar-refractivity contribution is 9.10. The number of anilines is 1. The van der Waals surface area contributed by atoms with Crippen LogP contribution in [0.15, 0.2) is 40.9 Å². The van der Waals surface area contributed by atoms with Gasteiger partial charge in [-0.25, -0.2) is 4.39 Å². The van der Waals surface area contributed by atoms with Gasteiger partial charge in [0.05, 0.1) is 4.47 Å². The maximum Gasteiger partial charge on any atom is 0.139 e. The Balaban J connectivity index is 1.78. The molecule has 0 aliphatic heterocycles. The first kappa shape index (κ1) is 13.6. The molecule has 2 aromatic carbocycles. The number of benzene rings is 2. The molecule has 2 aromatic rings. The molecule has 0 bridgehead atoms. The first-order valence-electron chi connectivity index (χ1n) is 6.97. The number of hydrogen-bond acceptors (Lipinski definition) is 1. The predicted molar refractivity (Wildman–Crippen MR) is 84.6 cm³/mol. The lowest BCUT2D eigenvalue weighted by Crippen LogP contribution is -2.07. The molecule has 0 saturated heterocycles. The highest BCUT2D eigenvalue weighted by Gasteiger charge is 2.13. The molecular formula is C17H17BrFN. The second kappa shape index (κ2) is 5.57. The summed E-state index contributed by atoms with van der Waals surface area (Å²) < 4.78 is 14.0. The normalized spacial score (nSPS) is 14.9. The quantitative estimate of drug-likeness (QED) is 0.808. The van der Waals surface area contributed by atoms with E-state index < -0.39 is 0 Å². The van der Waals surface area contributed by atoms with Gasteiger partial charge in [-0.15, -0.1) is 0 Å². The maximum atomic E-state index is 13.5. The average Bonchev–Trinajstić information content (AvgIpc) is 2.90. The molecule has 1 unspecified atom stereocenters. The van der Waals surface area contributed by atoms with Crippen LogP contribution in [0.5, 0.6) is 0 Å². The summed E-state index contributed by atoms with van der Waals surface area (Å²) in [5.74, 6) is -0.240. The van der Waals surface area contributed by atoms with Gasteiger partial charge in [0.25, 0.3) is 0 Å². The number of nitrogens with one attached hydrogen (secondary N) is 1. The van der Waals surface area contributed by atoms with Crippen molar-refractivity contribution < 1.29 is 4.39 Å². The molecule has 0 aromatic heterocycles. The summed E-state index contributed by atoms with van der Waals surface area (Å²) in [4.78, 5) is 0. The molecule has 0 radical (unpaired) electrons. The van der Waals surface area contributed by atoms with Gasteiger partial charge < -0.3 is 5.32 Å².